The molecule has 5 heteroatoms. The highest BCUT2D eigenvalue weighted by Gasteiger charge is 2.47. The molecule has 1 spiro atoms. The van der Waals surface area contributed by atoms with Crippen LogP contribution < -0.4 is 0 Å². The van der Waals surface area contributed by atoms with E-state index in [9.17, 15) is 0 Å². The number of benzene rings is 6. The van der Waals surface area contributed by atoms with Crippen molar-refractivity contribution in [3.05, 3.63) is 198 Å². The van der Waals surface area contributed by atoms with E-state index < -0.39 is 5.41 Å². The molecule has 0 radical (unpaired) electrons. The maximum atomic E-state index is 6.61. The van der Waals surface area contributed by atoms with Crippen molar-refractivity contribution in [2.45, 2.75) is 15.2 Å². The number of para-hydroxylation sites is 1. The molecule has 10 aromatic rings. The lowest BCUT2D eigenvalue weighted by molar-refractivity contribution is 0.659. The minimum Gasteiger partial charge on any atom is -0.456 e. The molecular weight excluding hydrogens is 679 g/mol. The fourth-order valence-electron chi connectivity index (χ4n) is 9.13. The monoisotopic (exact) mass is 707 g/mol. The summed E-state index contributed by atoms with van der Waals surface area (Å²) in [6.45, 7) is 0. The van der Waals surface area contributed by atoms with Crippen LogP contribution in [0.4, 0.5) is 0 Å². The van der Waals surface area contributed by atoms with Gasteiger partial charge in [-0.3, -0.25) is 9.55 Å². The Morgan fingerprint density at radius 3 is 2.22 bits per heavy atom. The summed E-state index contributed by atoms with van der Waals surface area (Å²) in [5.74, 6) is 0.877. The molecule has 0 saturated carbocycles. The molecule has 0 amide bonds. The van der Waals surface area contributed by atoms with Crippen LogP contribution in [0.5, 0.6) is 0 Å². The first-order valence-electron chi connectivity index (χ1n) is 18.2. The first kappa shape index (κ1) is 29.8. The SMILES string of the molecule is C1=Cc2ccc(-c3ccc4c(c3)c3ccncc3n4-c3ccccn3)cc2C2(c3ccccc31)c1ccccc1Sc1cc3c(cc12)oc1ccccc13. The van der Waals surface area contributed by atoms with Gasteiger partial charge < -0.3 is 4.42 Å². The zero-order valence-electron chi connectivity index (χ0n) is 28.9. The summed E-state index contributed by atoms with van der Waals surface area (Å²) in [6.07, 6.45) is 10.2. The van der Waals surface area contributed by atoms with Crippen LogP contribution in [0.15, 0.2) is 178 Å². The van der Waals surface area contributed by atoms with Crippen LogP contribution in [0, 0.1) is 0 Å². The average Bonchev–Trinajstić information content (AvgIpc) is 3.72. The van der Waals surface area contributed by atoms with Gasteiger partial charge in [-0.05, 0) is 105 Å². The van der Waals surface area contributed by atoms with Crippen LogP contribution in [-0.2, 0) is 5.41 Å². The quantitative estimate of drug-likeness (QED) is 0.179. The lowest BCUT2D eigenvalue weighted by atomic mass is 9.63. The lowest BCUT2D eigenvalue weighted by Gasteiger charge is -2.43. The summed E-state index contributed by atoms with van der Waals surface area (Å²) in [4.78, 5) is 11.7. The molecule has 1 aliphatic heterocycles. The van der Waals surface area contributed by atoms with Gasteiger partial charge in [0.1, 0.15) is 17.0 Å². The first-order valence-corrected chi connectivity index (χ1v) is 19.0. The predicted molar refractivity (Wildman–Crippen MR) is 220 cm³/mol. The summed E-state index contributed by atoms with van der Waals surface area (Å²) in [5.41, 5.74) is 13.1. The second-order valence-corrected chi connectivity index (χ2v) is 15.2. The van der Waals surface area contributed by atoms with Crippen LogP contribution in [-0.4, -0.2) is 14.5 Å². The molecule has 0 N–H and O–H groups in total. The van der Waals surface area contributed by atoms with Crippen molar-refractivity contribution >= 4 is 67.7 Å². The van der Waals surface area contributed by atoms with Gasteiger partial charge in [-0.2, -0.15) is 0 Å². The van der Waals surface area contributed by atoms with E-state index in [1.165, 1.54) is 48.6 Å². The second kappa shape index (κ2) is 11.2. The minimum absolute atomic E-state index is 0.611. The Kier molecular flexibility index (Phi) is 6.17. The molecule has 1 unspecified atom stereocenters. The number of aromatic nitrogens is 3. The maximum Gasteiger partial charge on any atom is 0.137 e. The Morgan fingerprint density at radius 1 is 0.500 bits per heavy atom. The number of fused-ring (bicyclic) bond motifs is 14. The topological polar surface area (TPSA) is 43.9 Å². The largest absolute Gasteiger partial charge is 0.456 e. The number of pyridine rings is 2. The van der Waals surface area contributed by atoms with E-state index in [0.29, 0.717) is 0 Å². The van der Waals surface area contributed by atoms with Gasteiger partial charge in [0.25, 0.3) is 0 Å². The van der Waals surface area contributed by atoms with Gasteiger partial charge in [0.2, 0.25) is 0 Å². The zero-order valence-corrected chi connectivity index (χ0v) is 29.7. The standard InChI is InChI=1S/C49H29N3OS/c1-3-11-38-30(9-1)16-17-31-18-19-33(32-20-21-42-36(25-32)34-22-24-50-29-43(34)52(42)48-15-7-8-23-51-48)26-40(31)49(38)39-12-4-6-14-46(39)54-47-27-37-35-10-2-5-13-44(35)53-45(37)28-41(47)49/h1-29H. The Labute approximate surface area is 315 Å². The highest BCUT2D eigenvalue weighted by atomic mass is 32.2. The third kappa shape index (κ3) is 4.04. The number of nitrogens with zero attached hydrogens (tertiary/aromatic N) is 3. The highest BCUT2D eigenvalue weighted by molar-refractivity contribution is 7.99. The van der Waals surface area contributed by atoms with Crippen molar-refractivity contribution in [2.24, 2.45) is 0 Å². The van der Waals surface area contributed by atoms with Crippen LogP contribution in [0.25, 0.3) is 72.8 Å². The van der Waals surface area contributed by atoms with Gasteiger partial charge in [-0.1, -0.05) is 109 Å². The minimum atomic E-state index is -0.611. The summed E-state index contributed by atoms with van der Waals surface area (Å²) in [6, 6.07) is 53.0. The molecule has 252 valence electrons. The van der Waals surface area contributed by atoms with Crippen molar-refractivity contribution < 1.29 is 4.42 Å². The molecule has 4 nitrogen and oxygen atoms in total. The lowest BCUT2D eigenvalue weighted by Crippen LogP contribution is -2.35. The molecule has 1 atom stereocenters. The molecular formula is C49H29N3OS. The molecule has 5 heterocycles. The Morgan fingerprint density at radius 2 is 1.30 bits per heavy atom. The Hall–Kier alpha value is -6.69. The van der Waals surface area contributed by atoms with Crippen LogP contribution in [0.2, 0.25) is 0 Å². The number of rotatable bonds is 2. The molecule has 0 saturated heterocycles. The Balaban J connectivity index is 1.16. The van der Waals surface area contributed by atoms with Gasteiger partial charge in [-0.25, -0.2) is 4.98 Å². The van der Waals surface area contributed by atoms with Gasteiger partial charge in [0.15, 0.2) is 0 Å². The molecule has 0 bridgehead atoms. The van der Waals surface area contributed by atoms with Crippen molar-refractivity contribution in [1.82, 2.24) is 14.5 Å². The highest BCUT2D eigenvalue weighted by Crippen LogP contribution is 2.59. The smallest absolute Gasteiger partial charge is 0.137 e. The van der Waals surface area contributed by atoms with E-state index in [4.69, 9.17) is 9.40 Å². The predicted octanol–water partition coefficient (Wildman–Crippen LogP) is 12.5. The summed E-state index contributed by atoms with van der Waals surface area (Å²) >= 11 is 1.86. The zero-order chi connectivity index (χ0) is 35.4. The van der Waals surface area contributed by atoms with Gasteiger partial charge in [0, 0.05) is 43.7 Å². The van der Waals surface area contributed by atoms with Crippen LogP contribution in [0.3, 0.4) is 0 Å². The number of furan rings is 1. The molecule has 6 aromatic carbocycles. The molecule has 54 heavy (non-hydrogen) atoms. The maximum absolute atomic E-state index is 6.61. The summed E-state index contributed by atoms with van der Waals surface area (Å²) < 4.78 is 8.82. The number of hydrogen-bond acceptors (Lipinski definition) is 4. The van der Waals surface area contributed by atoms with Crippen molar-refractivity contribution in [3.63, 3.8) is 0 Å². The molecule has 4 aromatic heterocycles. The normalized spacial score (nSPS) is 15.7. The summed E-state index contributed by atoms with van der Waals surface area (Å²) in [5, 5.41) is 4.61. The second-order valence-electron chi connectivity index (χ2n) is 14.2. The van der Waals surface area contributed by atoms with Crippen molar-refractivity contribution in [2.75, 3.05) is 0 Å². The van der Waals surface area contributed by atoms with Crippen molar-refractivity contribution in [3.8, 4) is 16.9 Å². The summed E-state index contributed by atoms with van der Waals surface area (Å²) in [7, 11) is 0. The molecule has 2 aliphatic rings. The van der Waals surface area contributed by atoms with E-state index in [-0.39, 0.29) is 0 Å². The number of hydrogen-bond donors (Lipinski definition) is 0. The van der Waals surface area contributed by atoms with E-state index in [2.05, 4.69) is 143 Å². The van der Waals surface area contributed by atoms with E-state index in [0.717, 1.165) is 55.3 Å². The fourth-order valence-corrected chi connectivity index (χ4v) is 10.3. The Bertz CT molecular complexity index is 3210. The fraction of sp³-hybridized carbons (Fsp3) is 0.0204. The first-order chi connectivity index (χ1) is 26.8. The third-order valence-electron chi connectivity index (χ3n) is 11.4. The van der Waals surface area contributed by atoms with Crippen molar-refractivity contribution in [1.29, 1.82) is 0 Å². The molecule has 1 aliphatic carbocycles. The van der Waals surface area contributed by atoms with Gasteiger partial charge >= 0.3 is 0 Å². The molecule has 12 rings (SSSR count). The van der Waals surface area contributed by atoms with E-state index >= 15 is 0 Å². The van der Waals surface area contributed by atoms with E-state index in [1.54, 1.807) is 0 Å². The van der Waals surface area contributed by atoms with Gasteiger partial charge in [0.05, 0.1) is 22.6 Å². The average molecular weight is 708 g/mol. The van der Waals surface area contributed by atoms with E-state index in [1.807, 2.05) is 54.6 Å². The molecule has 0 fully saturated rings. The van der Waals surface area contributed by atoms with Crippen LogP contribution >= 0.6 is 11.8 Å². The van der Waals surface area contributed by atoms with Gasteiger partial charge in [-0.15, -0.1) is 0 Å². The van der Waals surface area contributed by atoms with Crippen LogP contribution in [0.1, 0.15) is 33.4 Å². The third-order valence-corrected chi connectivity index (χ3v) is 12.6.